The Balaban J connectivity index is 1.80. The molecule has 1 amide bonds. The number of rotatable bonds is 5. The molecule has 0 unspecified atom stereocenters. The molecule has 0 bridgehead atoms. The molecule has 0 aliphatic heterocycles. The average molecular weight is 274 g/mol. The Morgan fingerprint density at radius 3 is 2.75 bits per heavy atom. The number of halogens is 1. The van der Waals surface area contributed by atoms with Gasteiger partial charge in [0.15, 0.2) is 6.61 Å². The molecule has 0 saturated carbocycles. The summed E-state index contributed by atoms with van der Waals surface area (Å²) in [6, 6.07) is 13.0. The largest absolute Gasteiger partial charge is 0.482 e. The molecule has 0 spiro atoms. The molecule has 2 rings (SSSR count). The normalized spacial score (nSPS) is 10.1. The molecule has 0 fully saturated rings. The minimum absolute atomic E-state index is 0.135. The number of hydrogen-bond donors (Lipinski definition) is 2. The van der Waals surface area contributed by atoms with Crippen LogP contribution >= 0.6 is 0 Å². The van der Waals surface area contributed by atoms with Crippen molar-refractivity contribution in [2.75, 3.05) is 12.3 Å². The molecule has 0 heterocycles. The molecular weight excluding hydrogens is 259 g/mol. The summed E-state index contributed by atoms with van der Waals surface area (Å²) in [6.45, 7) is 0.119. The van der Waals surface area contributed by atoms with Gasteiger partial charge >= 0.3 is 0 Å². The van der Waals surface area contributed by atoms with Gasteiger partial charge in [-0.2, -0.15) is 0 Å². The van der Waals surface area contributed by atoms with Gasteiger partial charge in [-0.05, 0) is 29.8 Å². The maximum absolute atomic E-state index is 13.0. The van der Waals surface area contributed by atoms with Crippen molar-refractivity contribution in [2.45, 2.75) is 6.54 Å². The highest BCUT2D eigenvalue weighted by molar-refractivity contribution is 5.77. The number of para-hydroxylation sites is 2. The topological polar surface area (TPSA) is 64.3 Å². The maximum atomic E-state index is 13.0. The highest BCUT2D eigenvalue weighted by Crippen LogP contribution is 2.19. The Morgan fingerprint density at radius 2 is 2.00 bits per heavy atom. The van der Waals surface area contributed by atoms with Crippen LogP contribution in [0.5, 0.6) is 5.75 Å². The lowest BCUT2D eigenvalue weighted by Crippen LogP contribution is -2.28. The third-order valence-electron chi connectivity index (χ3n) is 2.66. The summed E-state index contributed by atoms with van der Waals surface area (Å²) in [5, 5.41) is 2.64. The van der Waals surface area contributed by atoms with Gasteiger partial charge in [-0.15, -0.1) is 0 Å². The van der Waals surface area contributed by atoms with Gasteiger partial charge in [0.05, 0.1) is 5.69 Å². The molecule has 20 heavy (non-hydrogen) atoms. The lowest BCUT2D eigenvalue weighted by atomic mass is 10.2. The summed E-state index contributed by atoms with van der Waals surface area (Å²) < 4.78 is 18.3. The molecule has 0 aliphatic rings. The zero-order valence-electron chi connectivity index (χ0n) is 10.8. The van der Waals surface area contributed by atoms with Crippen molar-refractivity contribution >= 4 is 11.6 Å². The van der Waals surface area contributed by atoms with E-state index < -0.39 is 0 Å². The molecule has 2 aromatic carbocycles. The van der Waals surface area contributed by atoms with Gasteiger partial charge in [0, 0.05) is 6.54 Å². The molecule has 5 heteroatoms. The second-order valence-electron chi connectivity index (χ2n) is 4.23. The molecule has 0 atom stereocenters. The minimum atomic E-state index is -0.329. The third-order valence-corrected chi connectivity index (χ3v) is 2.66. The third kappa shape index (κ3) is 3.98. The summed E-state index contributed by atoms with van der Waals surface area (Å²) in [5.74, 6) is -0.157. The smallest absolute Gasteiger partial charge is 0.258 e. The standard InChI is InChI=1S/C15H15FN2O2/c16-12-5-3-4-11(8-12)9-18-15(19)10-20-14-7-2-1-6-13(14)17/h1-8H,9-10,17H2,(H,18,19). The van der Waals surface area contributed by atoms with Crippen molar-refractivity contribution in [3.05, 3.63) is 59.9 Å². The summed E-state index contributed by atoms with van der Waals surface area (Å²) in [6.07, 6.45) is 0. The lowest BCUT2D eigenvalue weighted by molar-refractivity contribution is -0.123. The summed E-state index contributed by atoms with van der Waals surface area (Å²) in [5.41, 5.74) is 6.86. The van der Waals surface area contributed by atoms with Crippen LogP contribution in [-0.2, 0) is 11.3 Å². The van der Waals surface area contributed by atoms with E-state index in [0.29, 0.717) is 17.0 Å². The van der Waals surface area contributed by atoms with Crippen LogP contribution in [0.2, 0.25) is 0 Å². The molecule has 0 radical (unpaired) electrons. The van der Waals surface area contributed by atoms with E-state index in [-0.39, 0.29) is 24.9 Å². The van der Waals surface area contributed by atoms with Gasteiger partial charge in [-0.3, -0.25) is 4.79 Å². The fourth-order valence-electron chi connectivity index (χ4n) is 1.65. The van der Waals surface area contributed by atoms with Crippen LogP contribution in [0.4, 0.5) is 10.1 Å². The van der Waals surface area contributed by atoms with Gasteiger partial charge in [0.2, 0.25) is 0 Å². The molecule has 3 N–H and O–H groups in total. The highest BCUT2D eigenvalue weighted by Gasteiger charge is 2.05. The molecule has 104 valence electrons. The van der Waals surface area contributed by atoms with E-state index in [9.17, 15) is 9.18 Å². The summed E-state index contributed by atoms with van der Waals surface area (Å²) in [4.78, 5) is 11.6. The van der Waals surface area contributed by atoms with Crippen LogP contribution in [0.15, 0.2) is 48.5 Å². The number of hydrogen-bond acceptors (Lipinski definition) is 3. The zero-order valence-corrected chi connectivity index (χ0v) is 10.8. The van der Waals surface area contributed by atoms with Crippen LogP contribution in [0.25, 0.3) is 0 Å². The number of nitrogen functional groups attached to an aromatic ring is 1. The van der Waals surface area contributed by atoms with Gasteiger partial charge in [-0.1, -0.05) is 24.3 Å². The minimum Gasteiger partial charge on any atom is -0.482 e. The Bertz CT molecular complexity index is 602. The number of ether oxygens (including phenoxy) is 1. The molecule has 0 saturated heterocycles. The monoisotopic (exact) mass is 274 g/mol. The molecule has 0 aromatic heterocycles. The predicted octanol–water partition coefficient (Wildman–Crippen LogP) is 2.10. The molecular formula is C15H15FN2O2. The van der Waals surface area contributed by atoms with Crippen LogP contribution < -0.4 is 15.8 Å². The first-order valence-electron chi connectivity index (χ1n) is 6.13. The fraction of sp³-hybridized carbons (Fsp3) is 0.133. The number of nitrogens with one attached hydrogen (secondary N) is 1. The van der Waals surface area contributed by atoms with Crippen LogP contribution in [-0.4, -0.2) is 12.5 Å². The van der Waals surface area contributed by atoms with Crippen LogP contribution in [0.3, 0.4) is 0 Å². The number of anilines is 1. The molecule has 2 aromatic rings. The van der Waals surface area contributed by atoms with E-state index in [1.165, 1.54) is 12.1 Å². The van der Waals surface area contributed by atoms with Crippen LogP contribution in [0.1, 0.15) is 5.56 Å². The predicted molar refractivity (Wildman–Crippen MR) is 74.6 cm³/mol. The SMILES string of the molecule is Nc1ccccc1OCC(=O)NCc1cccc(F)c1. The summed E-state index contributed by atoms with van der Waals surface area (Å²) >= 11 is 0. The second kappa shape index (κ2) is 6.56. The van der Waals surface area contributed by atoms with Crippen molar-refractivity contribution < 1.29 is 13.9 Å². The number of carbonyl (C=O) groups is 1. The van der Waals surface area contributed by atoms with Crippen molar-refractivity contribution in [2.24, 2.45) is 0 Å². The van der Waals surface area contributed by atoms with Gasteiger partial charge < -0.3 is 15.8 Å². The quantitative estimate of drug-likeness (QED) is 0.821. The first-order chi connectivity index (χ1) is 9.65. The molecule has 0 aliphatic carbocycles. The highest BCUT2D eigenvalue weighted by atomic mass is 19.1. The van der Waals surface area contributed by atoms with E-state index in [2.05, 4.69) is 5.32 Å². The van der Waals surface area contributed by atoms with E-state index >= 15 is 0 Å². The van der Waals surface area contributed by atoms with E-state index in [1.807, 2.05) is 0 Å². The van der Waals surface area contributed by atoms with Crippen molar-refractivity contribution in [3.8, 4) is 5.75 Å². The average Bonchev–Trinajstić information content (AvgIpc) is 2.44. The maximum Gasteiger partial charge on any atom is 0.258 e. The fourth-order valence-corrected chi connectivity index (χ4v) is 1.65. The Hall–Kier alpha value is -2.56. The van der Waals surface area contributed by atoms with Gasteiger partial charge in [0.1, 0.15) is 11.6 Å². The van der Waals surface area contributed by atoms with Crippen molar-refractivity contribution in [3.63, 3.8) is 0 Å². The van der Waals surface area contributed by atoms with E-state index in [4.69, 9.17) is 10.5 Å². The van der Waals surface area contributed by atoms with E-state index in [0.717, 1.165) is 0 Å². The second-order valence-corrected chi connectivity index (χ2v) is 4.23. The van der Waals surface area contributed by atoms with E-state index in [1.54, 1.807) is 36.4 Å². The Kier molecular flexibility index (Phi) is 4.55. The summed E-state index contributed by atoms with van der Waals surface area (Å²) in [7, 11) is 0. The number of nitrogens with two attached hydrogens (primary N) is 1. The lowest BCUT2D eigenvalue weighted by Gasteiger charge is -2.09. The number of benzene rings is 2. The Labute approximate surface area is 116 Å². The van der Waals surface area contributed by atoms with Gasteiger partial charge in [-0.25, -0.2) is 4.39 Å². The van der Waals surface area contributed by atoms with Crippen molar-refractivity contribution in [1.29, 1.82) is 0 Å². The van der Waals surface area contributed by atoms with Gasteiger partial charge in [0.25, 0.3) is 5.91 Å². The first kappa shape index (κ1) is 13.9. The van der Waals surface area contributed by atoms with Crippen LogP contribution in [0, 0.1) is 5.82 Å². The van der Waals surface area contributed by atoms with Crippen molar-refractivity contribution in [1.82, 2.24) is 5.32 Å². The number of carbonyl (C=O) groups excluding carboxylic acids is 1. The molecule has 4 nitrogen and oxygen atoms in total. The first-order valence-corrected chi connectivity index (χ1v) is 6.13. The zero-order chi connectivity index (χ0) is 14.4. The Morgan fingerprint density at radius 1 is 1.20 bits per heavy atom. The number of amides is 1.